The quantitative estimate of drug-likeness (QED) is 0.107. The fourth-order valence-electron chi connectivity index (χ4n) is 3.85. The van der Waals surface area contributed by atoms with Gasteiger partial charge >= 0.3 is 65.9 Å². The van der Waals surface area contributed by atoms with E-state index in [1.807, 2.05) is 5.32 Å². The van der Waals surface area contributed by atoms with Crippen LogP contribution in [0.4, 0.5) is 107 Å². The van der Waals surface area contributed by atoms with Crippen LogP contribution < -0.4 is 10.6 Å². The summed E-state index contributed by atoms with van der Waals surface area (Å²) in [6, 6.07) is 2.32. The van der Waals surface area contributed by atoms with Crippen LogP contribution in [-0.4, -0.2) is 97.0 Å². The summed E-state index contributed by atoms with van der Waals surface area (Å²) in [6.07, 6.45) is -28.4. The van der Waals surface area contributed by atoms with Crippen LogP contribution in [0.5, 0.6) is 0 Å². The largest absolute Gasteiger partial charge is 0.465 e. The number of rotatable bonds is 19. The molecular weight excluding hydrogens is 850 g/mol. The maximum atomic E-state index is 14.0. The minimum atomic E-state index is -7.54. The number of nitrogens with one attached hydrogen (secondary N) is 2. The first-order chi connectivity index (χ1) is 24.8. The molecule has 2 amide bonds. The van der Waals surface area contributed by atoms with Crippen LogP contribution in [0, 0.1) is 0 Å². The summed E-state index contributed by atoms with van der Waals surface area (Å²) in [5.41, 5.74) is -0.0919. The van der Waals surface area contributed by atoms with Crippen molar-refractivity contribution in [3.05, 3.63) is 30.3 Å². The number of urea groups is 1. The molecule has 1 atom stereocenters. The second-order valence-corrected chi connectivity index (χ2v) is 11.4. The van der Waals surface area contributed by atoms with Gasteiger partial charge in [0, 0.05) is 18.5 Å². The number of carbonyl (C=O) groups is 3. The molecule has 324 valence electrons. The predicted molar refractivity (Wildman–Crippen MR) is 139 cm³/mol. The SMILES string of the molecule is O=C(Nc1ccccc1)NC(CC(=O)OCCC(F)(F)CC(F)(F)C(F)(F)C(F)(F)C(F)(F)F)C(=O)OCCC(F)(F)CC(F)(F)C(F)(F)C(F)(F)C(F)(F)F. The van der Waals surface area contributed by atoms with E-state index >= 15 is 0 Å². The molecule has 0 saturated heterocycles. The second kappa shape index (κ2) is 16.8. The molecule has 0 aliphatic carbocycles. The number of para-hydroxylation sites is 1. The molecule has 0 spiro atoms. The highest BCUT2D eigenvalue weighted by Gasteiger charge is 2.83. The number of alkyl halides is 22. The van der Waals surface area contributed by atoms with Crippen molar-refractivity contribution in [3.63, 3.8) is 0 Å². The summed E-state index contributed by atoms with van der Waals surface area (Å²) in [7, 11) is 0. The first-order valence-electron chi connectivity index (χ1n) is 14.4. The van der Waals surface area contributed by atoms with Crippen LogP contribution in [0.25, 0.3) is 0 Å². The molecule has 1 rings (SSSR count). The normalized spacial score (nSPS) is 14.9. The Hall–Kier alpha value is -4.11. The first-order valence-corrected chi connectivity index (χ1v) is 14.4. The summed E-state index contributed by atoms with van der Waals surface area (Å²) in [6.45, 7) is -3.80. The first kappa shape index (κ1) is 49.9. The Morgan fingerprint density at radius 3 is 1.29 bits per heavy atom. The van der Waals surface area contributed by atoms with Gasteiger partial charge in [0.05, 0.1) is 32.5 Å². The van der Waals surface area contributed by atoms with Crippen molar-refractivity contribution in [1.82, 2.24) is 5.32 Å². The second-order valence-electron chi connectivity index (χ2n) is 11.4. The number of amides is 2. The Bertz CT molecular complexity index is 1500. The van der Waals surface area contributed by atoms with Gasteiger partial charge in [0.1, 0.15) is 6.04 Å². The van der Waals surface area contributed by atoms with Gasteiger partial charge in [0.25, 0.3) is 11.8 Å². The molecule has 56 heavy (non-hydrogen) atoms. The molecule has 1 aromatic rings. The number of hydrogen-bond donors (Lipinski definition) is 2. The van der Waals surface area contributed by atoms with E-state index in [1.165, 1.54) is 30.3 Å². The molecule has 29 heteroatoms. The molecule has 0 aromatic heterocycles. The minimum Gasteiger partial charge on any atom is -0.465 e. The summed E-state index contributed by atoms with van der Waals surface area (Å²) in [4.78, 5) is 36.9. The number of ether oxygens (including phenoxy) is 2. The third-order valence-corrected chi connectivity index (χ3v) is 6.82. The molecule has 0 radical (unpaired) electrons. The number of anilines is 1. The number of benzene rings is 1. The number of carbonyl (C=O) groups excluding carboxylic acids is 3. The number of halogens is 22. The number of hydrogen-bond acceptors (Lipinski definition) is 5. The van der Waals surface area contributed by atoms with Gasteiger partial charge in [0.15, 0.2) is 0 Å². The van der Waals surface area contributed by atoms with Gasteiger partial charge in [-0.15, -0.1) is 0 Å². The lowest BCUT2D eigenvalue weighted by Gasteiger charge is -2.35. The van der Waals surface area contributed by atoms with Crippen LogP contribution in [-0.2, 0) is 19.1 Å². The zero-order valence-corrected chi connectivity index (χ0v) is 26.8. The predicted octanol–water partition coefficient (Wildman–Crippen LogP) is 9.42. The highest BCUT2D eigenvalue weighted by atomic mass is 19.4. The zero-order chi connectivity index (χ0) is 44.2. The van der Waals surface area contributed by atoms with E-state index in [1.54, 1.807) is 5.32 Å². The van der Waals surface area contributed by atoms with Crippen molar-refractivity contribution in [2.45, 2.75) is 97.9 Å². The topological polar surface area (TPSA) is 93.7 Å². The Kier molecular flexibility index (Phi) is 15.0. The maximum absolute atomic E-state index is 14.0. The Balaban J connectivity index is 3.06. The van der Waals surface area contributed by atoms with Crippen LogP contribution >= 0.6 is 0 Å². The lowest BCUT2D eigenvalue weighted by Crippen LogP contribution is -2.61. The molecule has 7 nitrogen and oxygen atoms in total. The summed E-state index contributed by atoms with van der Waals surface area (Å²) in [5, 5.41) is 3.58. The molecule has 0 fully saturated rings. The lowest BCUT2D eigenvalue weighted by atomic mass is 9.97. The third kappa shape index (κ3) is 12.0. The standard InChI is InChI=1S/C27H22F22N2O5/c28-18(29,11-20(32,33)22(36,37)24(40,41)26(44,45)46)6-8-55-15(52)10-14(51-17(54)50-13-4-2-1-3-5-13)16(53)56-9-7-19(30,31)12-21(34,35)23(38,39)25(42,43)27(47,48)49/h1-5,14H,6-12H2,(H2,50,51,54). The van der Waals surface area contributed by atoms with Crippen LogP contribution in [0.1, 0.15) is 32.1 Å². The fraction of sp³-hybridized carbons (Fsp3) is 0.667. The van der Waals surface area contributed by atoms with Gasteiger partial charge in [-0.1, -0.05) is 18.2 Å². The summed E-state index contributed by atoms with van der Waals surface area (Å²) >= 11 is 0. The maximum Gasteiger partial charge on any atom is 0.460 e. The average molecular weight is 872 g/mol. The van der Waals surface area contributed by atoms with Crippen molar-refractivity contribution >= 4 is 23.7 Å². The monoisotopic (exact) mass is 872 g/mol. The van der Waals surface area contributed by atoms with Crippen molar-refractivity contribution < 1.29 is 120 Å². The van der Waals surface area contributed by atoms with E-state index < -0.39 is 129 Å². The van der Waals surface area contributed by atoms with Gasteiger partial charge < -0.3 is 20.1 Å². The van der Waals surface area contributed by atoms with Crippen molar-refractivity contribution in [2.24, 2.45) is 0 Å². The zero-order valence-electron chi connectivity index (χ0n) is 26.8. The Morgan fingerprint density at radius 2 is 0.911 bits per heavy atom. The van der Waals surface area contributed by atoms with Crippen LogP contribution in [0.2, 0.25) is 0 Å². The molecule has 1 aromatic carbocycles. The van der Waals surface area contributed by atoms with Gasteiger partial charge in [-0.05, 0) is 12.1 Å². The van der Waals surface area contributed by atoms with E-state index in [0.29, 0.717) is 0 Å². The van der Waals surface area contributed by atoms with E-state index in [0.717, 1.165) is 0 Å². The van der Waals surface area contributed by atoms with Crippen molar-refractivity contribution in [1.29, 1.82) is 0 Å². The third-order valence-electron chi connectivity index (χ3n) is 6.82. The summed E-state index contributed by atoms with van der Waals surface area (Å²) < 4.78 is 298. The van der Waals surface area contributed by atoms with E-state index in [4.69, 9.17) is 0 Å². The van der Waals surface area contributed by atoms with E-state index in [-0.39, 0.29) is 5.69 Å². The molecule has 0 aliphatic rings. The molecule has 0 bridgehead atoms. The molecule has 1 unspecified atom stereocenters. The van der Waals surface area contributed by atoms with Gasteiger partial charge in [-0.25, -0.2) is 27.2 Å². The smallest absolute Gasteiger partial charge is 0.460 e. The Labute approximate surface area is 297 Å². The average Bonchev–Trinajstić information content (AvgIpc) is 2.98. The van der Waals surface area contributed by atoms with Crippen molar-refractivity contribution in [3.8, 4) is 0 Å². The lowest BCUT2D eigenvalue weighted by molar-refractivity contribution is -0.401. The van der Waals surface area contributed by atoms with Gasteiger partial charge in [0.2, 0.25) is 0 Å². The van der Waals surface area contributed by atoms with Gasteiger partial charge in [-0.2, -0.15) is 79.0 Å². The van der Waals surface area contributed by atoms with Crippen LogP contribution in [0.15, 0.2) is 30.3 Å². The minimum absolute atomic E-state index is 0.0919. The molecule has 0 aliphatic heterocycles. The fourth-order valence-corrected chi connectivity index (χ4v) is 3.85. The van der Waals surface area contributed by atoms with E-state index in [2.05, 4.69) is 9.47 Å². The number of esters is 2. The highest BCUT2D eigenvalue weighted by Crippen LogP contribution is 2.57. The molecule has 0 heterocycles. The summed E-state index contributed by atoms with van der Waals surface area (Å²) in [5.74, 6) is -58.3. The molecule has 2 N–H and O–H groups in total. The van der Waals surface area contributed by atoms with E-state index in [9.17, 15) is 111 Å². The molecule has 0 saturated carbocycles. The Morgan fingerprint density at radius 1 is 0.536 bits per heavy atom. The van der Waals surface area contributed by atoms with Crippen LogP contribution in [0.3, 0.4) is 0 Å². The van der Waals surface area contributed by atoms with Gasteiger partial charge in [-0.3, -0.25) is 4.79 Å². The highest BCUT2D eigenvalue weighted by molar-refractivity contribution is 5.93. The molecular formula is C27H22F22N2O5. The van der Waals surface area contributed by atoms with Crippen molar-refractivity contribution in [2.75, 3.05) is 18.5 Å².